The van der Waals surface area contributed by atoms with Gasteiger partial charge in [0.2, 0.25) is 5.91 Å². The number of aryl methyl sites for hydroxylation is 2. The normalized spacial score (nSPS) is 16.7. The molecule has 1 saturated heterocycles. The third-order valence-corrected chi connectivity index (χ3v) is 5.96. The molecule has 0 radical (unpaired) electrons. The van der Waals surface area contributed by atoms with E-state index >= 15 is 0 Å². The van der Waals surface area contributed by atoms with Crippen molar-refractivity contribution in [1.82, 2.24) is 35.1 Å². The molecule has 1 amide bonds. The Labute approximate surface area is 180 Å². The molecule has 2 aromatic carbocycles. The smallest absolute Gasteiger partial charge is 0.227 e. The van der Waals surface area contributed by atoms with Gasteiger partial charge in [0.05, 0.1) is 29.2 Å². The van der Waals surface area contributed by atoms with E-state index in [4.69, 9.17) is 4.98 Å². The maximum atomic E-state index is 13.2. The second kappa shape index (κ2) is 7.94. The van der Waals surface area contributed by atoms with Gasteiger partial charge in [0.25, 0.3) is 0 Å². The molecule has 1 fully saturated rings. The number of aromatic nitrogens is 6. The zero-order chi connectivity index (χ0) is 21.4. The molecule has 0 unspecified atom stereocenters. The van der Waals surface area contributed by atoms with Gasteiger partial charge in [0, 0.05) is 6.54 Å². The Balaban J connectivity index is 1.35. The summed E-state index contributed by atoms with van der Waals surface area (Å²) in [5, 5.41) is 11.6. The van der Waals surface area contributed by atoms with Crippen LogP contribution in [-0.2, 0) is 11.2 Å². The van der Waals surface area contributed by atoms with E-state index < -0.39 is 0 Å². The van der Waals surface area contributed by atoms with Crippen LogP contribution in [0.3, 0.4) is 0 Å². The molecule has 1 aliphatic heterocycles. The van der Waals surface area contributed by atoms with Crippen LogP contribution in [0.1, 0.15) is 48.1 Å². The van der Waals surface area contributed by atoms with Crippen LogP contribution in [0.2, 0.25) is 0 Å². The summed E-state index contributed by atoms with van der Waals surface area (Å²) in [5.74, 6) is 1.74. The Morgan fingerprint density at radius 1 is 1.13 bits per heavy atom. The van der Waals surface area contributed by atoms with Crippen molar-refractivity contribution in [3.05, 3.63) is 65.2 Å². The van der Waals surface area contributed by atoms with Crippen LogP contribution in [0.15, 0.2) is 42.5 Å². The van der Waals surface area contributed by atoms with Crippen molar-refractivity contribution < 1.29 is 4.79 Å². The van der Waals surface area contributed by atoms with Gasteiger partial charge in [0.1, 0.15) is 5.82 Å². The molecule has 158 valence electrons. The minimum atomic E-state index is -0.00268. The van der Waals surface area contributed by atoms with Crippen molar-refractivity contribution in [3.63, 3.8) is 0 Å². The molecule has 8 nitrogen and oxygen atoms in total. The lowest BCUT2D eigenvalue weighted by molar-refractivity contribution is -0.134. The van der Waals surface area contributed by atoms with Gasteiger partial charge >= 0.3 is 0 Å². The first-order chi connectivity index (χ1) is 15.1. The minimum Gasteiger partial charge on any atom is -0.340 e. The fourth-order valence-electron chi connectivity index (χ4n) is 4.32. The third-order valence-electron chi connectivity index (χ3n) is 5.96. The first kappa shape index (κ1) is 19.4. The molecular weight excluding hydrogens is 390 g/mol. The van der Waals surface area contributed by atoms with Gasteiger partial charge in [0.15, 0.2) is 5.82 Å². The highest BCUT2D eigenvalue weighted by molar-refractivity contribution is 5.80. The number of amides is 1. The quantitative estimate of drug-likeness (QED) is 0.551. The molecule has 1 N–H and O–H groups in total. The molecule has 1 aliphatic rings. The number of imidazole rings is 1. The molecule has 0 bridgehead atoms. The third kappa shape index (κ3) is 3.81. The summed E-state index contributed by atoms with van der Waals surface area (Å²) < 4.78 is 1.68. The summed E-state index contributed by atoms with van der Waals surface area (Å²) >= 11 is 0. The van der Waals surface area contributed by atoms with Crippen molar-refractivity contribution in [2.75, 3.05) is 6.54 Å². The highest BCUT2D eigenvalue weighted by atomic mass is 16.2. The fourth-order valence-corrected chi connectivity index (χ4v) is 4.32. The van der Waals surface area contributed by atoms with Crippen LogP contribution in [0.25, 0.3) is 16.7 Å². The van der Waals surface area contributed by atoms with Crippen molar-refractivity contribution in [2.45, 2.75) is 45.6 Å². The van der Waals surface area contributed by atoms with Gasteiger partial charge in [-0.25, -0.2) is 4.98 Å². The summed E-state index contributed by atoms with van der Waals surface area (Å²) in [6.45, 7) is 4.69. The Bertz CT molecular complexity index is 1220. The number of tetrazole rings is 1. The zero-order valence-corrected chi connectivity index (χ0v) is 17.7. The van der Waals surface area contributed by atoms with Gasteiger partial charge in [-0.15, -0.1) is 5.10 Å². The molecule has 8 heteroatoms. The van der Waals surface area contributed by atoms with E-state index in [9.17, 15) is 4.79 Å². The number of piperidine rings is 1. The van der Waals surface area contributed by atoms with Gasteiger partial charge in [-0.2, -0.15) is 4.68 Å². The van der Waals surface area contributed by atoms with E-state index in [2.05, 4.69) is 39.6 Å². The van der Waals surface area contributed by atoms with E-state index in [0.29, 0.717) is 6.42 Å². The first-order valence-electron chi connectivity index (χ1n) is 10.7. The average molecular weight is 416 g/mol. The number of hydrogen-bond donors (Lipinski definition) is 1. The molecule has 1 atom stereocenters. The monoisotopic (exact) mass is 415 g/mol. The largest absolute Gasteiger partial charge is 0.340 e. The maximum absolute atomic E-state index is 13.2. The van der Waals surface area contributed by atoms with Crippen molar-refractivity contribution >= 4 is 16.9 Å². The van der Waals surface area contributed by atoms with Gasteiger partial charge in [-0.1, -0.05) is 18.2 Å². The fraction of sp³-hybridized carbons (Fsp3) is 0.348. The van der Waals surface area contributed by atoms with Gasteiger partial charge in [-0.05, 0) is 78.9 Å². The molecule has 3 heterocycles. The summed E-state index contributed by atoms with van der Waals surface area (Å²) in [7, 11) is 0. The standard InChI is InChI=1S/C23H25N7O/c1-15-6-11-19-20(13-15)25-23(24-19)21-5-3-4-12-29(21)22(31)14-17-7-9-18(10-8-17)30-16(2)26-27-28-30/h6-11,13,21H,3-5,12,14H2,1-2H3,(H,24,25)/t21-/m0/s1. The lowest BCUT2D eigenvalue weighted by atomic mass is 10.00. The average Bonchev–Trinajstić information content (AvgIpc) is 3.40. The highest BCUT2D eigenvalue weighted by Gasteiger charge is 2.30. The lowest BCUT2D eigenvalue weighted by Gasteiger charge is -2.34. The van der Waals surface area contributed by atoms with Crippen molar-refractivity contribution in [3.8, 4) is 5.69 Å². The van der Waals surface area contributed by atoms with E-state index in [0.717, 1.165) is 59.7 Å². The zero-order valence-electron chi connectivity index (χ0n) is 17.7. The summed E-state index contributed by atoms with van der Waals surface area (Å²) in [6.07, 6.45) is 3.43. The number of fused-ring (bicyclic) bond motifs is 1. The highest BCUT2D eigenvalue weighted by Crippen LogP contribution is 2.31. The van der Waals surface area contributed by atoms with Crippen LogP contribution in [0, 0.1) is 13.8 Å². The number of rotatable bonds is 4. The molecule has 4 aromatic rings. The number of likely N-dealkylation sites (tertiary alicyclic amines) is 1. The van der Waals surface area contributed by atoms with Crippen LogP contribution >= 0.6 is 0 Å². The van der Waals surface area contributed by atoms with Gasteiger partial charge in [-0.3, -0.25) is 4.79 Å². The molecule has 31 heavy (non-hydrogen) atoms. The van der Waals surface area contributed by atoms with Crippen LogP contribution < -0.4 is 0 Å². The number of aromatic amines is 1. The van der Waals surface area contributed by atoms with Gasteiger partial charge < -0.3 is 9.88 Å². The topological polar surface area (TPSA) is 92.6 Å². The van der Waals surface area contributed by atoms with Crippen molar-refractivity contribution in [2.24, 2.45) is 0 Å². The molecule has 0 spiro atoms. The molecule has 2 aromatic heterocycles. The van der Waals surface area contributed by atoms with E-state index in [1.807, 2.05) is 42.2 Å². The minimum absolute atomic E-state index is 0.00268. The maximum Gasteiger partial charge on any atom is 0.227 e. The lowest BCUT2D eigenvalue weighted by Crippen LogP contribution is -2.39. The number of carbonyl (C=O) groups is 1. The molecule has 5 rings (SSSR count). The first-order valence-corrected chi connectivity index (χ1v) is 10.7. The second-order valence-corrected chi connectivity index (χ2v) is 8.22. The second-order valence-electron chi connectivity index (χ2n) is 8.22. The number of carbonyl (C=O) groups excluding carboxylic acids is 1. The van der Waals surface area contributed by atoms with E-state index in [1.54, 1.807) is 4.68 Å². The predicted molar refractivity (Wildman–Crippen MR) is 117 cm³/mol. The molecule has 0 aliphatic carbocycles. The summed E-state index contributed by atoms with van der Waals surface area (Å²) in [4.78, 5) is 23.5. The predicted octanol–water partition coefficient (Wildman–Crippen LogP) is 3.45. The number of nitrogens with zero attached hydrogens (tertiary/aromatic N) is 6. The Morgan fingerprint density at radius 3 is 2.74 bits per heavy atom. The van der Waals surface area contributed by atoms with Crippen LogP contribution in [0.5, 0.6) is 0 Å². The summed E-state index contributed by atoms with van der Waals surface area (Å²) in [6, 6.07) is 14.0. The Morgan fingerprint density at radius 2 is 1.97 bits per heavy atom. The number of benzene rings is 2. The van der Waals surface area contributed by atoms with E-state index in [1.165, 1.54) is 5.56 Å². The Hall–Kier alpha value is -3.55. The van der Waals surface area contributed by atoms with Crippen LogP contribution in [-0.4, -0.2) is 47.5 Å². The SMILES string of the molecule is Cc1ccc2nc([C@@H]3CCCCN3C(=O)Cc3ccc(-n4nnnc4C)cc3)[nH]c2c1. The van der Waals surface area contributed by atoms with E-state index in [-0.39, 0.29) is 11.9 Å². The summed E-state index contributed by atoms with van der Waals surface area (Å²) in [5.41, 5.74) is 5.03. The number of H-pyrrole nitrogens is 1. The van der Waals surface area contributed by atoms with Crippen molar-refractivity contribution in [1.29, 1.82) is 0 Å². The Kier molecular flexibility index (Phi) is 4.97. The molecule has 0 saturated carbocycles. The number of nitrogens with one attached hydrogen (secondary N) is 1. The number of hydrogen-bond acceptors (Lipinski definition) is 5. The molecular formula is C23H25N7O. The van der Waals surface area contributed by atoms with Crippen LogP contribution in [0.4, 0.5) is 0 Å².